The molecule has 0 aromatic carbocycles. The zero-order valence-electron chi connectivity index (χ0n) is 8.83. The molecular formula is C9H15N3O2. The van der Waals surface area contributed by atoms with Crippen LogP contribution < -0.4 is 5.32 Å². The van der Waals surface area contributed by atoms with Gasteiger partial charge in [0.15, 0.2) is 5.82 Å². The summed E-state index contributed by atoms with van der Waals surface area (Å²) in [4.78, 5) is 11.3. The molecule has 0 aliphatic carbocycles. The third-order valence-electron chi connectivity index (χ3n) is 1.91. The van der Waals surface area contributed by atoms with Crippen molar-refractivity contribution >= 4 is 11.7 Å². The van der Waals surface area contributed by atoms with Crippen molar-refractivity contribution in [3.05, 3.63) is 11.8 Å². The Balaban J connectivity index is 2.75. The van der Waals surface area contributed by atoms with Crippen molar-refractivity contribution in [2.75, 3.05) is 5.32 Å². The van der Waals surface area contributed by atoms with Gasteiger partial charge in [-0.05, 0) is 20.8 Å². The van der Waals surface area contributed by atoms with Gasteiger partial charge in [0.2, 0.25) is 0 Å². The van der Waals surface area contributed by atoms with Crippen LogP contribution in [0.5, 0.6) is 0 Å². The predicted octanol–water partition coefficient (Wildman–Crippen LogP) is 0.438. The van der Waals surface area contributed by atoms with Crippen molar-refractivity contribution in [2.45, 2.75) is 26.4 Å². The number of carbonyl (C=O) groups excluding carboxylic acids is 1. The third-order valence-corrected chi connectivity index (χ3v) is 1.91. The van der Waals surface area contributed by atoms with Crippen molar-refractivity contribution in [2.24, 2.45) is 7.05 Å². The van der Waals surface area contributed by atoms with Gasteiger partial charge in [-0.1, -0.05) is 0 Å². The zero-order chi connectivity index (χ0) is 10.9. The molecule has 1 heterocycles. The quantitative estimate of drug-likeness (QED) is 0.722. The van der Waals surface area contributed by atoms with Gasteiger partial charge in [0.25, 0.3) is 5.91 Å². The molecule has 1 aromatic rings. The summed E-state index contributed by atoms with van der Waals surface area (Å²) in [5.41, 5.74) is -0.443. The molecule has 5 heteroatoms. The number of rotatable bonds is 2. The van der Waals surface area contributed by atoms with E-state index in [2.05, 4.69) is 10.4 Å². The molecular weight excluding hydrogens is 182 g/mol. The van der Waals surface area contributed by atoms with Crippen molar-refractivity contribution in [3.8, 4) is 0 Å². The topological polar surface area (TPSA) is 67.2 Å². The van der Waals surface area contributed by atoms with Gasteiger partial charge in [0.1, 0.15) is 5.60 Å². The highest BCUT2D eigenvalue weighted by Gasteiger charge is 2.24. The highest BCUT2D eigenvalue weighted by atomic mass is 16.3. The molecule has 5 nitrogen and oxygen atoms in total. The van der Waals surface area contributed by atoms with Gasteiger partial charge in [0.05, 0.1) is 0 Å². The largest absolute Gasteiger partial charge is 0.381 e. The lowest BCUT2D eigenvalue weighted by molar-refractivity contribution is -0.130. The Bertz CT molecular complexity index is 330. The lowest BCUT2D eigenvalue weighted by Gasteiger charge is -2.14. The molecule has 2 N–H and O–H groups in total. The van der Waals surface area contributed by atoms with Gasteiger partial charge in [-0.25, -0.2) is 0 Å². The Morgan fingerprint density at radius 2 is 2.21 bits per heavy atom. The van der Waals surface area contributed by atoms with Crippen LogP contribution in [0.4, 0.5) is 5.82 Å². The molecule has 78 valence electrons. The number of hydrogen-bond acceptors (Lipinski definition) is 3. The standard InChI is InChI=1S/C9H15N3O2/c1-6-5-7(11-12(6)4)10-8(13)9(2,3)14/h5,14H,1-4H3,(H,10,11,13). The molecule has 0 fully saturated rings. The van der Waals surface area contributed by atoms with Gasteiger partial charge >= 0.3 is 0 Å². The summed E-state index contributed by atoms with van der Waals surface area (Å²) in [6.07, 6.45) is 0. The molecule has 0 saturated heterocycles. The fourth-order valence-electron chi connectivity index (χ4n) is 0.891. The number of aliphatic hydroxyl groups is 1. The number of hydrogen-bond donors (Lipinski definition) is 2. The summed E-state index contributed by atoms with van der Waals surface area (Å²) in [6.45, 7) is 4.74. The Labute approximate surface area is 82.7 Å². The molecule has 1 aromatic heterocycles. The number of aryl methyl sites for hydroxylation is 2. The van der Waals surface area contributed by atoms with E-state index in [9.17, 15) is 9.90 Å². The Morgan fingerprint density at radius 3 is 2.57 bits per heavy atom. The van der Waals surface area contributed by atoms with E-state index in [-0.39, 0.29) is 0 Å². The predicted molar refractivity (Wildman–Crippen MR) is 52.9 cm³/mol. The minimum atomic E-state index is -1.38. The fourth-order valence-corrected chi connectivity index (χ4v) is 0.891. The van der Waals surface area contributed by atoms with Gasteiger partial charge in [-0.3, -0.25) is 9.48 Å². The Hall–Kier alpha value is -1.36. The first-order valence-corrected chi connectivity index (χ1v) is 4.35. The summed E-state index contributed by atoms with van der Waals surface area (Å²) >= 11 is 0. The average molecular weight is 197 g/mol. The van der Waals surface area contributed by atoms with E-state index >= 15 is 0 Å². The summed E-state index contributed by atoms with van der Waals surface area (Å²) < 4.78 is 1.65. The molecule has 0 unspecified atom stereocenters. The van der Waals surface area contributed by atoms with Crippen LogP contribution in [0.2, 0.25) is 0 Å². The second kappa shape index (κ2) is 3.42. The molecule has 0 bridgehead atoms. The van der Waals surface area contributed by atoms with E-state index in [1.54, 1.807) is 17.8 Å². The van der Waals surface area contributed by atoms with Gasteiger partial charge in [-0.15, -0.1) is 0 Å². The Kier molecular flexibility index (Phi) is 2.62. The van der Waals surface area contributed by atoms with Crippen LogP contribution in [0.15, 0.2) is 6.07 Å². The van der Waals surface area contributed by atoms with Crippen molar-refractivity contribution in [1.82, 2.24) is 9.78 Å². The van der Waals surface area contributed by atoms with Crippen molar-refractivity contribution in [3.63, 3.8) is 0 Å². The van der Waals surface area contributed by atoms with Crippen molar-refractivity contribution < 1.29 is 9.90 Å². The first-order chi connectivity index (χ1) is 6.30. The van der Waals surface area contributed by atoms with E-state index in [0.29, 0.717) is 5.82 Å². The molecule has 1 amide bonds. The minimum Gasteiger partial charge on any atom is -0.381 e. The minimum absolute atomic E-state index is 0.456. The van der Waals surface area contributed by atoms with Gasteiger partial charge in [0, 0.05) is 18.8 Å². The highest BCUT2D eigenvalue weighted by molar-refractivity contribution is 5.95. The molecule has 1 rings (SSSR count). The summed E-state index contributed by atoms with van der Waals surface area (Å²) in [5, 5.41) is 15.9. The monoisotopic (exact) mass is 197 g/mol. The maximum absolute atomic E-state index is 11.3. The molecule has 0 saturated carbocycles. The molecule has 0 radical (unpaired) electrons. The highest BCUT2D eigenvalue weighted by Crippen LogP contribution is 2.10. The van der Waals surface area contributed by atoms with Crippen LogP contribution in [0, 0.1) is 6.92 Å². The lowest BCUT2D eigenvalue weighted by Crippen LogP contribution is -2.36. The van der Waals surface area contributed by atoms with Crippen LogP contribution in [-0.4, -0.2) is 26.4 Å². The molecule has 0 spiro atoms. The smallest absolute Gasteiger partial charge is 0.256 e. The molecule has 0 atom stereocenters. The second-order valence-electron chi connectivity index (χ2n) is 3.81. The fraction of sp³-hybridized carbons (Fsp3) is 0.556. The number of carbonyl (C=O) groups is 1. The first kappa shape index (κ1) is 10.7. The SMILES string of the molecule is Cc1cc(NC(=O)C(C)(C)O)nn1C. The van der Waals surface area contributed by atoms with Crippen LogP contribution >= 0.6 is 0 Å². The molecule has 14 heavy (non-hydrogen) atoms. The number of aromatic nitrogens is 2. The summed E-state index contributed by atoms with van der Waals surface area (Å²) in [5.74, 6) is -0.00674. The number of nitrogens with zero attached hydrogens (tertiary/aromatic N) is 2. The third kappa shape index (κ3) is 2.32. The molecule has 0 aliphatic heterocycles. The summed E-state index contributed by atoms with van der Waals surface area (Å²) in [7, 11) is 1.79. The van der Waals surface area contributed by atoms with Crippen LogP contribution in [0.1, 0.15) is 19.5 Å². The maximum Gasteiger partial charge on any atom is 0.256 e. The summed E-state index contributed by atoms with van der Waals surface area (Å²) in [6, 6.07) is 1.74. The Morgan fingerprint density at radius 1 is 1.64 bits per heavy atom. The average Bonchev–Trinajstić information content (AvgIpc) is 2.29. The van der Waals surface area contributed by atoms with Gasteiger partial charge in [-0.2, -0.15) is 5.10 Å². The van der Waals surface area contributed by atoms with Crippen LogP contribution in [-0.2, 0) is 11.8 Å². The van der Waals surface area contributed by atoms with E-state index in [1.165, 1.54) is 13.8 Å². The van der Waals surface area contributed by atoms with E-state index in [4.69, 9.17) is 0 Å². The number of nitrogens with one attached hydrogen (secondary N) is 1. The van der Waals surface area contributed by atoms with E-state index in [1.807, 2.05) is 6.92 Å². The van der Waals surface area contributed by atoms with E-state index in [0.717, 1.165) is 5.69 Å². The van der Waals surface area contributed by atoms with E-state index < -0.39 is 11.5 Å². The van der Waals surface area contributed by atoms with Crippen LogP contribution in [0.25, 0.3) is 0 Å². The lowest BCUT2D eigenvalue weighted by atomic mass is 10.1. The molecule has 0 aliphatic rings. The van der Waals surface area contributed by atoms with Gasteiger partial charge < -0.3 is 10.4 Å². The zero-order valence-corrected chi connectivity index (χ0v) is 8.83. The number of anilines is 1. The maximum atomic E-state index is 11.3. The van der Waals surface area contributed by atoms with Crippen LogP contribution in [0.3, 0.4) is 0 Å². The normalized spacial score (nSPS) is 11.5. The van der Waals surface area contributed by atoms with Crippen molar-refractivity contribution in [1.29, 1.82) is 0 Å². The first-order valence-electron chi connectivity index (χ1n) is 4.35. The second-order valence-corrected chi connectivity index (χ2v) is 3.81. The number of amides is 1.